The SMILES string of the molecule is C[C@@H](O)[C@H](NC(=O)[C@H](CCCNC(N)N)NN[C@@H](Cc1ccccc1)C(=O)C=O)C(=O)C(=O)[C@H](CCCNC(N)N)NN. The third-order valence-electron chi connectivity index (χ3n) is 6.41. The van der Waals surface area contributed by atoms with E-state index in [0.717, 1.165) is 5.56 Å². The molecular formula is C26H47N11O6. The Kier molecular flexibility index (Phi) is 18.3. The molecule has 17 N–H and O–H groups in total. The minimum Gasteiger partial charge on any atom is -0.391 e. The second-order valence-electron chi connectivity index (χ2n) is 10.0. The maximum Gasteiger partial charge on any atom is 0.239 e. The molecule has 0 saturated heterocycles. The Bertz CT molecular complexity index is 1010. The Morgan fingerprint density at radius 2 is 1.37 bits per heavy atom. The van der Waals surface area contributed by atoms with Gasteiger partial charge in [0, 0.05) is 0 Å². The summed E-state index contributed by atoms with van der Waals surface area (Å²) in [7, 11) is 0. The van der Waals surface area contributed by atoms with Crippen molar-refractivity contribution in [2.45, 2.75) is 81.9 Å². The number of aliphatic hydroxyl groups is 1. The lowest BCUT2D eigenvalue weighted by atomic mass is 9.96. The molecule has 1 aromatic carbocycles. The second kappa shape index (κ2) is 20.8. The zero-order valence-corrected chi connectivity index (χ0v) is 24.3. The van der Waals surface area contributed by atoms with Gasteiger partial charge in [0.1, 0.15) is 18.6 Å². The largest absolute Gasteiger partial charge is 0.391 e. The molecule has 0 bridgehead atoms. The fourth-order valence-corrected chi connectivity index (χ4v) is 4.05. The van der Waals surface area contributed by atoms with Crippen LogP contribution in [0.5, 0.6) is 0 Å². The summed E-state index contributed by atoms with van der Waals surface area (Å²) < 4.78 is 0. The zero-order valence-electron chi connectivity index (χ0n) is 24.3. The molecule has 0 fully saturated rings. The van der Waals surface area contributed by atoms with Crippen molar-refractivity contribution in [3.63, 3.8) is 0 Å². The van der Waals surface area contributed by atoms with Crippen LogP contribution >= 0.6 is 0 Å². The van der Waals surface area contributed by atoms with Crippen molar-refractivity contribution in [3.8, 4) is 0 Å². The lowest BCUT2D eigenvalue weighted by Gasteiger charge is -2.27. The number of rotatable bonds is 24. The fraction of sp³-hybridized carbons (Fsp3) is 0.577. The van der Waals surface area contributed by atoms with Crippen molar-refractivity contribution in [1.29, 1.82) is 0 Å². The first-order chi connectivity index (χ1) is 20.4. The van der Waals surface area contributed by atoms with Crippen LogP contribution in [0.4, 0.5) is 0 Å². The molecule has 0 aliphatic heterocycles. The lowest BCUT2D eigenvalue weighted by molar-refractivity contribution is -0.142. The number of carbonyl (C=O) groups is 5. The number of aldehydes is 1. The van der Waals surface area contributed by atoms with Crippen LogP contribution in [0.2, 0.25) is 0 Å². The number of nitrogens with two attached hydrogens (primary N) is 5. The van der Waals surface area contributed by atoms with Crippen LogP contribution in [0.1, 0.15) is 38.2 Å². The number of hydrogen-bond donors (Lipinski definition) is 12. The van der Waals surface area contributed by atoms with E-state index in [1.165, 1.54) is 6.92 Å². The standard InChI is InChI=1S/C26H47N11O6/c1-15(39)21(23(42)22(41)17(35-31)9-5-11-32-25(27)28)34-24(43)18(10-6-12-33-26(29)30)36-37-19(20(40)14-38)13-16-7-3-2-4-8-16/h2-4,7-8,14-15,17-19,21,25-26,32-33,35-37,39H,5-6,9-13,27-31H2,1H3,(H,34,43)/t15-,17+,18+,19+,21+/m1/s1. The van der Waals surface area contributed by atoms with Gasteiger partial charge in [-0.15, -0.1) is 0 Å². The number of aliphatic hydroxyl groups excluding tert-OH is 1. The molecular weight excluding hydrogens is 562 g/mol. The minimum absolute atomic E-state index is 0.143. The molecule has 1 rings (SSSR count). The summed E-state index contributed by atoms with van der Waals surface area (Å²) in [6, 6.07) is 4.15. The van der Waals surface area contributed by atoms with Crippen LogP contribution in [-0.2, 0) is 30.4 Å². The van der Waals surface area contributed by atoms with Gasteiger partial charge in [-0.1, -0.05) is 30.3 Å². The molecule has 0 aliphatic rings. The Labute approximate surface area is 250 Å². The first-order valence-corrected chi connectivity index (χ1v) is 14.0. The lowest BCUT2D eigenvalue weighted by Crippen LogP contribution is -2.60. The maximum atomic E-state index is 13.4. The molecule has 0 heterocycles. The maximum absolute atomic E-state index is 13.4. The quantitative estimate of drug-likeness (QED) is 0.0130. The van der Waals surface area contributed by atoms with Crippen molar-refractivity contribution in [2.75, 3.05) is 13.1 Å². The van der Waals surface area contributed by atoms with Gasteiger partial charge < -0.3 is 33.4 Å². The van der Waals surface area contributed by atoms with E-state index in [1.54, 1.807) is 30.3 Å². The molecule has 0 aromatic heterocycles. The van der Waals surface area contributed by atoms with Crippen LogP contribution in [0.3, 0.4) is 0 Å². The van der Waals surface area contributed by atoms with Gasteiger partial charge in [0.15, 0.2) is 6.29 Å². The van der Waals surface area contributed by atoms with Crippen LogP contribution in [0, 0.1) is 0 Å². The highest BCUT2D eigenvalue weighted by molar-refractivity contribution is 6.41. The van der Waals surface area contributed by atoms with Crippen molar-refractivity contribution >= 4 is 29.5 Å². The number of carbonyl (C=O) groups excluding carboxylic acids is 5. The Hall–Kier alpha value is -3.07. The molecule has 1 aromatic rings. The zero-order chi connectivity index (χ0) is 32.4. The molecule has 5 atom stereocenters. The van der Waals surface area contributed by atoms with Crippen LogP contribution < -0.4 is 61.0 Å². The van der Waals surface area contributed by atoms with Gasteiger partial charge in [0.05, 0.1) is 24.2 Å². The van der Waals surface area contributed by atoms with E-state index < -0.39 is 66.1 Å². The summed E-state index contributed by atoms with van der Waals surface area (Å²) in [5.74, 6) is 1.99. The number of Topliss-reactive ketones (excluding diaryl/α,β-unsaturated/α-hetero) is 3. The van der Waals surface area contributed by atoms with E-state index in [1.807, 2.05) is 0 Å². The van der Waals surface area contributed by atoms with Gasteiger partial charge in [-0.2, -0.15) is 0 Å². The molecule has 0 saturated carbocycles. The minimum atomic E-state index is -1.59. The highest BCUT2D eigenvalue weighted by Gasteiger charge is 2.35. The predicted octanol–water partition coefficient (Wildman–Crippen LogP) is -5.19. The molecule has 0 spiro atoms. The summed E-state index contributed by atoms with van der Waals surface area (Å²) >= 11 is 0. The van der Waals surface area contributed by atoms with Gasteiger partial charge in [-0.05, 0) is 57.7 Å². The summed E-state index contributed by atoms with van der Waals surface area (Å²) in [6.45, 7) is 1.93. The average molecular weight is 610 g/mol. The van der Waals surface area contributed by atoms with Gasteiger partial charge in [0.2, 0.25) is 23.3 Å². The monoisotopic (exact) mass is 609 g/mol. The van der Waals surface area contributed by atoms with Crippen LogP contribution in [0.15, 0.2) is 30.3 Å². The number of hydrogen-bond acceptors (Lipinski definition) is 16. The summed E-state index contributed by atoms with van der Waals surface area (Å²) in [6.07, 6.45) is -1.59. The average Bonchev–Trinajstić information content (AvgIpc) is 2.97. The summed E-state index contributed by atoms with van der Waals surface area (Å²) in [5.41, 5.74) is 30.4. The smallest absolute Gasteiger partial charge is 0.239 e. The van der Waals surface area contributed by atoms with E-state index in [9.17, 15) is 29.1 Å². The highest BCUT2D eigenvalue weighted by Crippen LogP contribution is 2.07. The van der Waals surface area contributed by atoms with Crippen molar-refractivity contribution < 1.29 is 29.1 Å². The second-order valence-corrected chi connectivity index (χ2v) is 10.0. The molecule has 1 amide bonds. The van der Waals surface area contributed by atoms with E-state index in [0.29, 0.717) is 25.9 Å². The number of nitrogens with one attached hydrogen (secondary N) is 6. The summed E-state index contributed by atoms with van der Waals surface area (Å²) in [4.78, 5) is 63.0. The first kappa shape index (κ1) is 38.0. The van der Waals surface area contributed by atoms with Crippen molar-refractivity contribution in [3.05, 3.63) is 35.9 Å². The molecule has 0 unspecified atom stereocenters. The van der Waals surface area contributed by atoms with Gasteiger partial charge in [-0.25, -0.2) is 16.3 Å². The first-order valence-electron chi connectivity index (χ1n) is 14.0. The normalized spacial score (nSPS) is 15.0. The Morgan fingerprint density at radius 1 is 0.837 bits per heavy atom. The Morgan fingerprint density at radius 3 is 1.86 bits per heavy atom. The fourth-order valence-electron chi connectivity index (χ4n) is 4.05. The third kappa shape index (κ3) is 14.8. The third-order valence-corrected chi connectivity index (χ3v) is 6.41. The van der Waals surface area contributed by atoms with Crippen LogP contribution in [-0.4, -0.2) is 90.6 Å². The van der Waals surface area contributed by atoms with Crippen LogP contribution in [0.25, 0.3) is 0 Å². The molecule has 0 aliphatic carbocycles. The molecule has 0 radical (unpaired) electrons. The van der Waals surface area contributed by atoms with Gasteiger partial charge in [0.25, 0.3) is 0 Å². The number of ketones is 3. The van der Waals surface area contributed by atoms with E-state index in [2.05, 4.69) is 32.2 Å². The Balaban J connectivity index is 3.02. The topological polar surface area (TPSA) is 308 Å². The van der Waals surface area contributed by atoms with Crippen molar-refractivity contribution in [1.82, 2.24) is 32.2 Å². The van der Waals surface area contributed by atoms with E-state index in [-0.39, 0.29) is 25.5 Å². The highest BCUT2D eigenvalue weighted by atomic mass is 16.3. The molecule has 17 nitrogen and oxygen atoms in total. The van der Waals surface area contributed by atoms with Crippen molar-refractivity contribution in [2.24, 2.45) is 28.8 Å². The number of hydrazine groups is 2. The van der Waals surface area contributed by atoms with Gasteiger partial charge >= 0.3 is 0 Å². The predicted molar refractivity (Wildman–Crippen MR) is 159 cm³/mol. The number of benzene rings is 1. The van der Waals surface area contributed by atoms with Gasteiger partial charge in [-0.3, -0.25) is 40.4 Å². The molecule has 242 valence electrons. The van der Waals surface area contributed by atoms with E-state index in [4.69, 9.17) is 28.8 Å². The molecule has 43 heavy (non-hydrogen) atoms. The van der Waals surface area contributed by atoms with E-state index >= 15 is 0 Å². The summed E-state index contributed by atoms with van der Waals surface area (Å²) in [5, 5.41) is 18.3. The number of amides is 1. The molecule has 17 heteroatoms.